The molecule has 0 spiro atoms. The Balaban J connectivity index is 0.000000229. The molecule has 1 fully saturated rings. The van der Waals surface area contributed by atoms with Crippen LogP contribution in [0.4, 0.5) is 11.8 Å². The molecular weight excluding hydrogens is 470 g/mol. The Morgan fingerprint density at radius 2 is 1.71 bits per heavy atom. The first-order valence-electron chi connectivity index (χ1n) is 10.8. The largest absolute Gasteiger partial charge is 0.362 e. The van der Waals surface area contributed by atoms with Crippen molar-refractivity contribution in [1.29, 1.82) is 0 Å². The maximum atomic E-state index is 4.69. The van der Waals surface area contributed by atoms with Gasteiger partial charge in [0.2, 0.25) is 5.95 Å². The molecule has 1 heterocycles. The van der Waals surface area contributed by atoms with Gasteiger partial charge in [-0.2, -0.15) is 4.98 Å². The fourth-order valence-corrected chi connectivity index (χ4v) is 4.80. The molecule has 0 atom stereocenters. The van der Waals surface area contributed by atoms with Crippen LogP contribution in [0.25, 0.3) is 10.9 Å². The highest BCUT2D eigenvalue weighted by molar-refractivity contribution is 9.10. The lowest BCUT2D eigenvalue weighted by molar-refractivity contribution is 0.373. The van der Waals surface area contributed by atoms with E-state index in [1.165, 1.54) is 37.0 Å². The number of rotatable bonds is 6. The third-order valence-corrected chi connectivity index (χ3v) is 7.06. The summed E-state index contributed by atoms with van der Waals surface area (Å²) < 4.78 is 4.15. The van der Waals surface area contributed by atoms with Crippen molar-refractivity contribution in [3.63, 3.8) is 0 Å². The average Bonchev–Trinajstić information content (AvgIpc) is 2.80. The second-order valence-electron chi connectivity index (χ2n) is 7.90. The molecule has 5 nitrogen and oxygen atoms in total. The molecule has 2 N–H and O–H groups in total. The summed E-state index contributed by atoms with van der Waals surface area (Å²) in [7, 11) is 5.96. The van der Waals surface area contributed by atoms with E-state index in [4.69, 9.17) is 0 Å². The van der Waals surface area contributed by atoms with Crippen molar-refractivity contribution in [2.24, 2.45) is 5.92 Å². The first-order valence-corrected chi connectivity index (χ1v) is 12.5. The summed E-state index contributed by atoms with van der Waals surface area (Å²) in [6, 6.07) is 16.3. The zero-order chi connectivity index (χ0) is 22.1. The molecule has 0 unspecified atom stereocenters. The van der Waals surface area contributed by atoms with Crippen LogP contribution < -0.4 is 14.9 Å². The molecule has 0 bridgehead atoms. The summed E-state index contributed by atoms with van der Waals surface area (Å²) in [6.45, 7) is 0.991. The minimum absolute atomic E-state index is 0.753. The molecule has 0 amide bonds. The van der Waals surface area contributed by atoms with Crippen molar-refractivity contribution in [3.8, 4) is 0 Å². The molecule has 1 aliphatic carbocycles. The van der Waals surface area contributed by atoms with Crippen molar-refractivity contribution < 1.29 is 0 Å². The van der Waals surface area contributed by atoms with E-state index in [1.54, 1.807) is 11.9 Å². The van der Waals surface area contributed by atoms with Crippen LogP contribution in [0.5, 0.6) is 0 Å². The van der Waals surface area contributed by atoms with Gasteiger partial charge < -0.3 is 10.2 Å². The summed E-state index contributed by atoms with van der Waals surface area (Å²) in [6.07, 6.45) is 6.80. The lowest BCUT2D eigenvalue weighted by Gasteiger charge is -2.22. The van der Waals surface area contributed by atoms with E-state index in [-0.39, 0.29) is 0 Å². The van der Waals surface area contributed by atoms with Gasteiger partial charge in [-0.3, -0.25) is 4.72 Å². The summed E-state index contributed by atoms with van der Waals surface area (Å²) in [4.78, 5) is 12.6. The second-order valence-corrected chi connectivity index (χ2v) is 9.81. The van der Waals surface area contributed by atoms with Gasteiger partial charge >= 0.3 is 0 Å². The Morgan fingerprint density at radius 3 is 2.42 bits per heavy atom. The van der Waals surface area contributed by atoms with Crippen molar-refractivity contribution in [2.75, 3.05) is 37.9 Å². The molecule has 1 saturated carbocycles. The van der Waals surface area contributed by atoms with E-state index in [0.29, 0.717) is 0 Å². The van der Waals surface area contributed by atoms with Crippen LogP contribution in [0, 0.1) is 5.92 Å². The van der Waals surface area contributed by atoms with Gasteiger partial charge in [0.1, 0.15) is 5.82 Å². The summed E-state index contributed by atoms with van der Waals surface area (Å²) in [5.41, 5.74) is 1.00. The monoisotopic (exact) mass is 501 g/mol. The van der Waals surface area contributed by atoms with E-state index in [9.17, 15) is 0 Å². The smallest absolute Gasteiger partial charge is 0.225 e. The Morgan fingerprint density at radius 1 is 1.00 bits per heavy atom. The van der Waals surface area contributed by atoms with Gasteiger partial charge in [0.15, 0.2) is 0 Å². The fraction of sp³-hybridized carbons (Fsp3) is 0.417. The number of fused-ring (bicyclic) bond motifs is 1. The molecule has 2 aromatic carbocycles. The van der Waals surface area contributed by atoms with Gasteiger partial charge in [0.05, 0.1) is 5.52 Å². The summed E-state index contributed by atoms with van der Waals surface area (Å²) in [5, 5.41) is 4.56. The van der Waals surface area contributed by atoms with Crippen LogP contribution in [-0.2, 0) is 0 Å². The maximum Gasteiger partial charge on any atom is 0.225 e. The normalized spacial score (nSPS) is 14.1. The highest BCUT2D eigenvalue weighted by atomic mass is 79.9. The zero-order valence-electron chi connectivity index (χ0n) is 18.6. The lowest BCUT2D eigenvalue weighted by Crippen LogP contribution is -2.19. The van der Waals surface area contributed by atoms with Crippen molar-refractivity contribution in [2.45, 2.75) is 37.0 Å². The number of hydrogen-bond acceptors (Lipinski definition) is 6. The molecule has 3 aromatic rings. The zero-order valence-corrected chi connectivity index (χ0v) is 21.0. The molecule has 4 rings (SSSR count). The van der Waals surface area contributed by atoms with Crippen molar-refractivity contribution in [1.82, 2.24) is 14.7 Å². The molecule has 1 aromatic heterocycles. The van der Waals surface area contributed by atoms with Crippen molar-refractivity contribution >= 4 is 50.5 Å². The Kier molecular flexibility index (Phi) is 9.43. The Hall–Kier alpha value is -1.83. The second kappa shape index (κ2) is 12.3. The predicted molar refractivity (Wildman–Crippen MR) is 138 cm³/mol. The number of para-hydroxylation sites is 1. The topological polar surface area (TPSA) is 53.1 Å². The number of hydrogen-bond donors (Lipinski definition) is 2. The van der Waals surface area contributed by atoms with E-state index in [0.717, 1.165) is 39.6 Å². The van der Waals surface area contributed by atoms with Gasteiger partial charge in [-0.25, -0.2) is 4.98 Å². The van der Waals surface area contributed by atoms with Gasteiger partial charge in [-0.05, 0) is 78.0 Å². The first kappa shape index (κ1) is 23.8. The molecule has 31 heavy (non-hydrogen) atoms. The Bertz CT molecular complexity index is 960. The summed E-state index contributed by atoms with van der Waals surface area (Å²) in [5.74, 6) is 2.51. The van der Waals surface area contributed by atoms with E-state index >= 15 is 0 Å². The molecule has 0 saturated heterocycles. The maximum absolute atomic E-state index is 4.69. The van der Waals surface area contributed by atoms with E-state index < -0.39 is 0 Å². The SMILES string of the molecule is CN(C)c1nc(NCC2CCCCC2)nc2ccccc12.CNSc1ccccc1Br. The molecule has 1 aliphatic rings. The van der Waals surface area contributed by atoms with Crippen LogP contribution in [0.2, 0.25) is 0 Å². The molecule has 0 aliphatic heterocycles. The van der Waals surface area contributed by atoms with Crippen LogP contribution in [0.1, 0.15) is 32.1 Å². The molecular formula is C24H32BrN5S. The van der Waals surface area contributed by atoms with E-state index in [1.807, 2.05) is 51.5 Å². The summed E-state index contributed by atoms with van der Waals surface area (Å²) >= 11 is 5.04. The van der Waals surface area contributed by atoms with Crippen LogP contribution in [0.15, 0.2) is 57.9 Å². The minimum atomic E-state index is 0.753. The third-order valence-electron chi connectivity index (χ3n) is 5.33. The lowest BCUT2D eigenvalue weighted by atomic mass is 9.89. The van der Waals surface area contributed by atoms with Crippen LogP contribution in [-0.4, -0.2) is 37.7 Å². The van der Waals surface area contributed by atoms with Gasteiger partial charge in [-0.15, -0.1) is 0 Å². The highest BCUT2D eigenvalue weighted by Gasteiger charge is 2.14. The standard InChI is InChI=1S/C17H24N4.C7H8BrNS/c1-21(2)16-14-10-6-7-11-15(14)19-17(20-16)18-12-13-8-4-3-5-9-13;1-9-10-7-5-3-2-4-6(7)8/h6-7,10-11,13H,3-5,8-9,12H2,1-2H3,(H,18,19,20);2-5,9H,1H3. The van der Waals surface area contributed by atoms with Crippen LogP contribution in [0.3, 0.4) is 0 Å². The molecule has 0 radical (unpaired) electrons. The number of halogens is 1. The van der Waals surface area contributed by atoms with E-state index in [2.05, 4.69) is 59.0 Å². The number of benzene rings is 2. The molecule has 166 valence electrons. The van der Waals surface area contributed by atoms with Gasteiger partial charge in [-0.1, -0.05) is 43.5 Å². The minimum Gasteiger partial charge on any atom is -0.362 e. The number of nitrogens with one attached hydrogen (secondary N) is 2. The number of anilines is 2. The van der Waals surface area contributed by atoms with Gasteiger partial charge in [0, 0.05) is 35.4 Å². The number of aromatic nitrogens is 2. The van der Waals surface area contributed by atoms with Crippen LogP contribution >= 0.6 is 27.9 Å². The quantitative estimate of drug-likeness (QED) is 0.383. The van der Waals surface area contributed by atoms with Gasteiger partial charge in [0.25, 0.3) is 0 Å². The third kappa shape index (κ3) is 7.09. The first-order chi connectivity index (χ1) is 15.1. The number of nitrogens with zero attached hydrogens (tertiary/aromatic N) is 3. The molecule has 7 heteroatoms. The average molecular weight is 503 g/mol. The predicted octanol–water partition coefficient (Wildman–Crippen LogP) is 6.36. The van der Waals surface area contributed by atoms with Crippen molar-refractivity contribution in [3.05, 3.63) is 53.0 Å². The Labute approximate surface area is 198 Å². The highest BCUT2D eigenvalue weighted by Crippen LogP contribution is 2.26. The fourth-order valence-electron chi connectivity index (χ4n) is 3.74.